The van der Waals surface area contributed by atoms with E-state index in [2.05, 4.69) is 15.9 Å². The summed E-state index contributed by atoms with van der Waals surface area (Å²) in [5.41, 5.74) is 0.511. The first kappa shape index (κ1) is 15.4. The molecule has 0 aliphatic heterocycles. The lowest BCUT2D eigenvalue weighted by Gasteiger charge is -2.26. The molecule has 0 atom stereocenters. The second kappa shape index (κ2) is 9.31. The van der Waals surface area contributed by atoms with E-state index in [1.165, 1.54) is 32.1 Å². The predicted molar refractivity (Wildman–Crippen MR) is 72.8 cm³/mol. The third-order valence-corrected chi connectivity index (χ3v) is 4.72. The monoisotopic (exact) mass is 308 g/mol. The second-order valence-corrected chi connectivity index (χ2v) is 5.37. The van der Waals surface area contributed by atoms with E-state index < -0.39 is 0 Å². The van der Waals surface area contributed by atoms with Gasteiger partial charge < -0.3 is 14.2 Å². The van der Waals surface area contributed by atoms with Gasteiger partial charge in [0.2, 0.25) is 0 Å². The first-order chi connectivity index (χ1) is 8.33. The van der Waals surface area contributed by atoms with Crippen molar-refractivity contribution in [2.24, 2.45) is 5.41 Å². The van der Waals surface area contributed by atoms with Gasteiger partial charge in [-0.1, -0.05) is 28.8 Å². The highest BCUT2D eigenvalue weighted by Crippen LogP contribution is 2.42. The summed E-state index contributed by atoms with van der Waals surface area (Å²) in [6.45, 7) is 3.55. The molecule has 0 radical (unpaired) electrons. The van der Waals surface area contributed by atoms with E-state index in [1.807, 2.05) is 0 Å². The van der Waals surface area contributed by atoms with Crippen LogP contribution >= 0.6 is 15.9 Å². The Kier molecular flexibility index (Phi) is 8.44. The molecule has 1 aliphatic rings. The van der Waals surface area contributed by atoms with Crippen LogP contribution in [0.2, 0.25) is 0 Å². The van der Waals surface area contributed by atoms with Gasteiger partial charge in [-0.05, 0) is 24.7 Å². The summed E-state index contributed by atoms with van der Waals surface area (Å²) in [6, 6.07) is 0. The van der Waals surface area contributed by atoms with Crippen molar-refractivity contribution in [2.45, 2.75) is 32.1 Å². The molecule has 0 bridgehead atoms. The molecule has 0 unspecified atom stereocenters. The lowest BCUT2D eigenvalue weighted by molar-refractivity contribution is 0.0182. The molecule has 0 saturated heterocycles. The minimum atomic E-state index is 0.511. The highest BCUT2D eigenvalue weighted by Gasteiger charge is 2.32. The third kappa shape index (κ3) is 6.18. The van der Waals surface area contributed by atoms with Crippen LogP contribution in [0.15, 0.2) is 0 Å². The number of methoxy groups -OCH3 is 1. The molecule has 0 amide bonds. The Balaban J connectivity index is 1.92. The first-order valence-corrected chi connectivity index (χ1v) is 7.65. The fraction of sp³-hybridized carbons (Fsp3) is 1.00. The maximum Gasteiger partial charge on any atom is 0.0701 e. The molecular weight excluding hydrogens is 284 g/mol. The van der Waals surface area contributed by atoms with Gasteiger partial charge in [-0.15, -0.1) is 0 Å². The Hall–Kier alpha value is 0.360. The predicted octanol–water partition coefficient (Wildman–Crippen LogP) is 3.01. The van der Waals surface area contributed by atoms with E-state index in [0.717, 1.165) is 11.9 Å². The van der Waals surface area contributed by atoms with Crippen molar-refractivity contribution in [3.8, 4) is 0 Å². The van der Waals surface area contributed by atoms with Crippen LogP contribution in [0.4, 0.5) is 0 Å². The van der Waals surface area contributed by atoms with E-state index in [0.29, 0.717) is 31.8 Å². The minimum Gasteiger partial charge on any atom is -0.382 e. The first-order valence-electron chi connectivity index (χ1n) is 6.53. The number of halogens is 1. The van der Waals surface area contributed by atoms with Crippen molar-refractivity contribution in [2.75, 3.05) is 45.5 Å². The highest BCUT2D eigenvalue weighted by atomic mass is 79.9. The van der Waals surface area contributed by atoms with E-state index in [-0.39, 0.29) is 0 Å². The summed E-state index contributed by atoms with van der Waals surface area (Å²) in [5.74, 6) is 0. The van der Waals surface area contributed by atoms with Gasteiger partial charge in [-0.25, -0.2) is 0 Å². The number of hydrogen-bond donors (Lipinski definition) is 0. The van der Waals surface area contributed by atoms with Gasteiger partial charge in [0.05, 0.1) is 26.4 Å². The fourth-order valence-electron chi connectivity index (χ4n) is 2.33. The lowest BCUT2D eigenvalue weighted by Crippen LogP contribution is -2.21. The van der Waals surface area contributed by atoms with Gasteiger partial charge in [0.1, 0.15) is 0 Å². The van der Waals surface area contributed by atoms with Crippen LogP contribution in [0, 0.1) is 5.41 Å². The van der Waals surface area contributed by atoms with Crippen LogP contribution in [0.25, 0.3) is 0 Å². The molecule has 1 aliphatic carbocycles. The average Bonchev–Trinajstić information content (AvgIpc) is 2.82. The Bertz CT molecular complexity index is 182. The van der Waals surface area contributed by atoms with Gasteiger partial charge in [-0.2, -0.15) is 0 Å². The van der Waals surface area contributed by atoms with E-state index >= 15 is 0 Å². The Morgan fingerprint density at radius 1 is 0.941 bits per heavy atom. The zero-order chi connectivity index (χ0) is 12.4. The molecule has 4 heteroatoms. The van der Waals surface area contributed by atoms with Crippen LogP contribution in [0.1, 0.15) is 32.1 Å². The van der Waals surface area contributed by atoms with Gasteiger partial charge in [0, 0.05) is 19.0 Å². The molecule has 0 heterocycles. The summed E-state index contributed by atoms with van der Waals surface area (Å²) in [7, 11) is 1.68. The Labute approximate surface area is 113 Å². The number of rotatable bonds is 10. The fourth-order valence-corrected chi connectivity index (χ4v) is 3.17. The van der Waals surface area contributed by atoms with E-state index in [9.17, 15) is 0 Å². The molecule has 0 aromatic carbocycles. The zero-order valence-corrected chi connectivity index (χ0v) is 12.5. The summed E-state index contributed by atoms with van der Waals surface area (Å²) in [6.07, 6.45) is 6.64. The van der Waals surface area contributed by atoms with Crippen LogP contribution in [-0.2, 0) is 14.2 Å². The molecule has 1 rings (SSSR count). The van der Waals surface area contributed by atoms with E-state index in [4.69, 9.17) is 14.2 Å². The van der Waals surface area contributed by atoms with Crippen molar-refractivity contribution in [3.63, 3.8) is 0 Å². The topological polar surface area (TPSA) is 27.7 Å². The van der Waals surface area contributed by atoms with Gasteiger partial charge in [0.25, 0.3) is 0 Å². The Morgan fingerprint density at radius 3 is 2.12 bits per heavy atom. The molecule has 0 aromatic heterocycles. The van der Waals surface area contributed by atoms with Crippen LogP contribution in [0.3, 0.4) is 0 Å². The van der Waals surface area contributed by atoms with Crippen molar-refractivity contribution in [1.29, 1.82) is 0 Å². The van der Waals surface area contributed by atoms with Gasteiger partial charge in [0.15, 0.2) is 0 Å². The zero-order valence-electron chi connectivity index (χ0n) is 10.9. The summed E-state index contributed by atoms with van der Waals surface area (Å²) in [4.78, 5) is 0. The Morgan fingerprint density at radius 2 is 1.53 bits per heavy atom. The molecule has 0 aromatic rings. The van der Waals surface area contributed by atoms with Crippen molar-refractivity contribution < 1.29 is 14.2 Å². The molecule has 1 saturated carbocycles. The van der Waals surface area contributed by atoms with Gasteiger partial charge >= 0.3 is 0 Å². The normalized spacial score (nSPS) is 18.7. The standard InChI is InChI=1S/C13H25BrO3/c1-15-8-9-17-11-10-16-7-6-13(12-14)4-2-3-5-13/h2-12H2,1H3. The maximum absolute atomic E-state index is 5.62. The third-order valence-electron chi connectivity index (χ3n) is 3.53. The van der Waals surface area contributed by atoms with Crippen molar-refractivity contribution in [1.82, 2.24) is 0 Å². The molecule has 3 nitrogen and oxygen atoms in total. The van der Waals surface area contributed by atoms with Crippen molar-refractivity contribution in [3.05, 3.63) is 0 Å². The largest absolute Gasteiger partial charge is 0.382 e. The number of alkyl halides is 1. The molecule has 0 N–H and O–H groups in total. The maximum atomic E-state index is 5.62. The highest BCUT2D eigenvalue weighted by molar-refractivity contribution is 9.09. The summed E-state index contributed by atoms with van der Waals surface area (Å²) in [5, 5.41) is 1.12. The second-order valence-electron chi connectivity index (χ2n) is 4.81. The molecule has 1 fully saturated rings. The summed E-state index contributed by atoms with van der Waals surface area (Å²) >= 11 is 3.65. The minimum absolute atomic E-state index is 0.511. The lowest BCUT2D eigenvalue weighted by atomic mass is 9.85. The molecule has 17 heavy (non-hydrogen) atoms. The quantitative estimate of drug-likeness (QED) is 0.459. The molecule has 102 valence electrons. The average molecular weight is 309 g/mol. The SMILES string of the molecule is COCCOCCOCCC1(CBr)CCCC1. The van der Waals surface area contributed by atoms with Crippen molar-refractivity contribution >= 4 is 15.9 Å². The molecule has 0 spiro atoms. The van der Waals surface area contributed by atoms with E-state index in [1.54, 1.807) is 7.11 Å². The smallest absolute Gasteiger partial charge is 0.0701 e. The summed E-state index contributed by atoms with van der Waals surface area (Å²) < 4.78 is 15.8. The number of hydrogen-bond acceptors (Lipinski definition) is 3. The van der Waals surface area contributed by atoms with Crippen LogP contribution in [0.5, 0.6) is 0 Å². The van der Waals surface area contributed by atoms with Crippen LogP contribution < -0.4 is 0 Å². The van der Waals surface area contributed by atoms with Gasteiger partial charge in [-0.3, -0.25) is 0 Å². The molecular formula is C13H25BrO3. The number of ether oxygens (including phenoxy) is 3. The van der Waals surface area contributed by atoms with Crippen LogP contribution in [-0.4, -0.2) is 45.5 Å².